The Bertz CT molecular complexity index is 846. The maximum atomic E-state index is 10.8. The molecule has 0 bridgehead atoms. The minimum absolute atomic E-state index is 0.000930. The highest BCUT2D eigenvalue weighted by atomic mass is 16.4. The Labute approximate surface area is 140 Å². The lowest BCUT2D eigenvalue weighted by molar-refractivity contribution is -0.137. The van der Waals surface area contributed by atoms with E-state index in [0.717, 1.165) is 27.9 Å². The second kappa shape index (κ2) is 6.71. The monoisotopic (exact) mass is 321 g/mol. The number of hydrogen-bond donors (Lipinski definition) is 1. The number of nitrogens with zero attached hydrogens (tertiary/aromatic N) is 1. The molecule has 0 aliphatic rings. The number of rotatable bonds is 5. The van der Waals surface area contributed by atoms with Crippen LogP contribution in [0.15, 0.2) is 52.9 Å². The van der Waals surface area contributed by atoms with Gasteiger partial charge in [0, 0.05) is 17.5 Å². The molecule has 0 fully saturated rings. The van der Waals surface area contributed by atoms with E-state index in [1.807, 2.05) is 62.4 Å². The predicted octanol–water partition coefficient (Wildman–Crippen LogP) is 4.64. The molecule has 122 valence electrons. The summed E-state index contributed by atoms with van der Waals surface area (Å²) in [6, 6.07) is 15.9. The van der Waals surface area contributed by atoms with Gasteiger partial charge in [-0.1, -0.05) is 48.5 Å². The van der Waals surface area contributed by atoms with E-state index in [2.05, 4.69) is 4.98 Å². The highest BCUT2D eigenvalue weighted by Crippen LogP contribution is 2.36. The third-order valence-electron chi connectivity index (χ3n) is 3.98. The zero-order valence-corrected chi connectivity index (χ0v) is 13.7. The first kappa shape index (κ1) is 16.0. The van der Waals surface area contributed by atoms with Crippen LogP contribution in [0.2, 0.25) is 0 Å². The van der Waals surface area contributed by atoms with E-state index in [1.54, 1.807) is 0 Å². The fourth-order valence-corrected chi connectivity index (χ4v) is 2.83. The standard InChI is InChI=1S/C20H19NO3/c1-13-7-6-8-14(2)18(13)19-20(15-9-4-3-5-10-15)24-16(21-19)11-12-17(22)23/h3-10H,11-12H2,1-2H3,(H,22,23). The molecule has 0 saturated heterocycles. The molecule has 0 aliphatic carbocycles. The number of oxazole rings is 1. The van der Waals surface area contributed by atoms with E-state index >= 15 is 0 Å². The summed E-state index contributed by atoms with van der Waals surface area (Å²) in [6.07, 6.45) is 0.279. The van der Waals surface area contributed by atoms with Gasteiger partial charge in [0.05, 0.1) is 6.42 Å². The minimum Gasteiger partial charge on any atom is -0.481 e. The van der Waals surface area contributed by atoms with Crippen molar-refractivity contribution in [2.45, 2.75) is 26.7 Å². The van der Waals surface area contributed by atoms with Crippen LogP contribution >= 0.6 is 0 Å². The summed E-state index contributed by atoms with van der Waals surface area (Å²) in [6.45, 7) is 4.09. The van der Waals surface area contributed by atoms with Crippen molar-refractivity contribution >= 4 is 5.97 Å². The fourth-order valence-electron chi connectivity index (χ4n) is 2.83. The highest BCUT2D eigenvalue weighted by molar-refractivity contribution is 5.80. The molecule has 24 heavy (non-hydrogen) atoms. The molecule has 1 N–H and O–H groups in total. The normalized spacial score (nSPS) is 10.8. The Hall–Kier alpha value is -2.88. The largest absolute Gasteiger partial charge is 0.481 e. The molecule has 0 amide bonds. The van der Waals surface area contributed by atoms with Gasteiger partial charge in [0.15, 0.2) is 11.7 Å². The second-order valence-corrected chi connectivity index (χ2v) is 5.81. The molecular weight excluding hydrogens is 302 g/mol. The molecular formula is C20H19NO3. The van der Waals surface area contributed by atoms with Crippen molar-refractivity contribution in [1.82, 2.24) is 4.98 Å². The van der Waals surface area contributed by atoms with Crippen molar-refractivity contribution in [1.29, 1.82) is 0 Å². The molecule has 4 heteroatoms. The van der Waals surface area contributed by atoms with Crippen LogP contribution in [0.5, 0.6) is 0 Å². The van der Waals surface area contributed by atoms with E-state index in [9.17, 15) is 4.79 Å². The van der Waals surface area contributed by atoms with Gasteiger partial charge in [-0.15, -0.1) is 0 Å². The minimum atomic E-state index is -0.858. The van der Waals surface area contributed by atoms with Crippen molar-refractivity contribution in [2.75, 3.05) is 0 Å². The van der Waals surface area contributed by atoms with Gasteiger partial charge in [-0.25, -0.2) is 4.98 Å². The molecule has 0 unspecified atom stereocenters. The summed E-state index contributed by atoms with van der Waals surface area (Å²) in [5.74, 6) is 0.283. The molecule has 0 aliphatic heterocycles. The van der Waals surface area contributed by atoms with Crippen molar-refractivity contribution < 1.29 is 14.3 Å². The van der Waals surface area contributed by atoms with Crippen LogP contribution in [0, 0.1) is 13.8 Å². The lowest BCUT2D eigenvalue weighted by Gasteiger charge is -2.08. The number of benzene rings is 2. The first-order chi connectivity index (χ1) is 11.6. The number of carboxylic acid groups (broad SMARTS) is 1. The summed E-state index contributed by atoms with van der Waals surface area (Å²) < 4.78 is 5.94. The van der Waals surface area contributed by atoms with Gasteiger partial charge in [-0.05, 0) is 25.0 Å². The third-order valence-corrected chi connectivity index (χ3v) is 3.98. The van der Waals surface area contributed by atoms with Gasteiger partial charge in [0.2, 0.25) is 0 Å². The first-order valence-electron chi connectivity index (χ1n) is 7.90. The van der Waals surface area contributed by atoms with E-state index < -0.39 is 5.97 Å². The lowest BCUT2D eigenvalue weighted by Crippen LogP contribution is -1.97. The number of carboxylic acids is 1. The summed E-state index contributed by atoms with van der Waals surface area (Å²) in [7, 11) is 0. The van der Waals surface area contributed by atoms with Crippen molar-refractivity contribution in [2.24, 2.45) is 0 Å². The summed E-state index contributed by atoms with van der Waals surface area (Å²) >= 11 is 0. The van der Waals surface area contributed by atoms with Gasteiger partial charge < -0.3 is 9.52 Å². The second-order valence-electron chi connectivity index (χ2n) is 5.81. The molecule has 1 heterocycles. The molecule has 0 spiro atoms. The summed E-state index contributed by atoms with van der Waals surface area (Å²) in [5.41, 5.74) is 4.98. The van der Waals surface area contributed by atoms with E-state index in [1.165, 1.54) is 0 Å². The lowest BCUT2D eigenvalue weighted by atomic mass is 9.97. The van der Waals surface area contributed by atoms with Crippen molar-refractivity contribution in [3.8, 4) is 22.6 Å². The molecule has 3 rings (SSSR count). The van der Waals surface area contributed by atoms with Crippen molar-refractivity contribution in [3.05, 3.63) is 65.5 Å². The third kappa shape index (κ3) is 3.23. The van der Waals surface area contributed by atoms with Crippen LogP contribution in [-0.4, -0.2) is 16.1 Å². The first-order valence-corrected chi connectivity index (χ1v) is 7.90. The Morgan fingerprint density at radius 1 is 1.04 bits per heavy atom. The average molecular weight is 321 g/mol. The maximum absolute atomic E-state index is 10.8. The van der Waals surface area contributed by atoms with Gasteiger partial charge >= 0.3 is 5.97 Å². The van der Waals surface area contributed by atoms with E-state index in [0.29, 0.717) is 11.7 Å². The highest BCUT2D eigenvalue weighted by Gasteiger charge is 2.20. The molecule has 0 radical (unpaired) electrons. The number of aromatic nitrogens is 1. The van der Waals surface area contributed by atoms with Gasteiger partial charge in [0.1, 0.15) is 5.69 Å². The maximum Gasteiger partial charge on any atom is 0.303 e. The Kier molecular flexibility index (Phi) is 4.47. The van der Waals surface area contributed by atoms with E-state index in [4.69, 9.17) is 9.52 Å². The van der Waals surface area contributed by atoms with Crippen molar-refractivity contribution in [3.63, 3.8) is 0 Å². The molecule has 0 atom stereocenters. The van der Waals surface area contributed by atoms with Crippen LogP contribution in [0.4, 0.5) is 0 Å². The Balaban J connectivity index is 2.14. The van der Waals surface area contributed by atoms with Crippen LogP contribution < -0.4 is 0 Å². The van der Waals surface area contributed by atoms with Gasteiger partial charge in [-0.2, -0.15) is 0 Å². The van der Waals surface area contributed by atoms with Crippen LogP contribution in [0.1, 0.15) is 23.4 Å². The number of carbonyl (C=O) groups is 1. The molecule has 4 nitrogen and oxygen atoms in total. The summed E-state index contributed by atoms with van der Waals surface area (Å²) in [4.78, 5) is 15.5. The molecule has 1 aromatic heterocycles. The zero-order chi connectivity index (χ0) is 17.1. The van der Waals surface area contributed by atoms with Gasteiger partial charge in [-0.3, -0.25) is 4.79 Å². The van der Waals surface area contributed by atoms with Gasteiger partial charge in [0.25, 0.3) is 0 Å². The van der Waals surface area contributed by atoms with Crippen LogP contribution in [-0.2, 0) is 11.2 Å². The van der Waals surface area contributed by atoms with E-state index in [-0.39, 0.29) is 12.8 Å². The SMILES string of the molecule is Cc1cccc(C)c1-c1nc(CCC(=O)O)oc1-c1ccccc1. The molecule has 2 aromatic carbocycles. The molecule has 0 saturated carbocycles. The average Bonchev–Trinajstić information content (AvgIpc) is 2.97. The predicted molar refractivity (Wildman–Crippen MR) is 92.8 cm³/mol. The number of aryl methyl sites for hydroxylation is 3. The quantitative estimate of drug-likeness (QED) is 0.743. The summed E-state index contributed by atoms with van der Waals surface area (Å²) in [5, 5.41) is 8.90. The van der Waals surface area contributed by atoms with Crippen LogP contribution in [0.3, 0.4) is 0 Å². The molecule has 3 aromatic rings. The fraction of sp³-hybridized carbons (Fsp3) is 0.200. The topological polar surface area (TPSA) is 63.3 Å². The number of hydrogen-bond acceptors (Lipinski definition) is 3. The zero-order valence-electron chi connectivity index (χ0n) is 13.7. The number of aliphatic carboxylic acids is 1. The Morgan fingerprint density at radius 2 is 1.71 bits per heavy atom. The Morgan fingerprint density at radius 3 is 2.33 bits per heavy atom. The van der Waals surface area contributed by atoms with Crippen LogP contribution in [0.25, 0.3) is 22.6 Å². The smallest absolute Gasteiger partial charge is 0.303 e.